The monoisotopic (exact) mass is 401 g/mol. The average molecular weight is 401 g/mol. The number of benzene rings is 2. The Hall–Kier alpha value is -4.00. The van der Waals surface area contributed by atoms with Gasteiger partial charge in [-0.1, -0.05) is 24.3 Å². The molecular formula is C23H19N3O4. The maximum absolute atomic E-state index is 12.7. The Morgan fingerprint density at radius 3 is 2.13 bits per heavy atom. The van der Waals surface area contributed by atoms with E-state index in [1.54, 1.807) is 56.5 Å². The summed E-state index contributed by atoms with van der Waals surface area (Å²) >= 11 is 0. The van der Waals surface area contributed by atoms with Crippen molar-refractivity contribution in [1.82, 2.24) is 9.88 Å². The Kier molecular flexibility index (Phi) is 4.79. The van der Waals surface area contributed by atoms with Gasteiger partial charge in [0.15, 0.2) is 0 Å². The standard InChI is InChI=1S/C23H19N3O4/c1-13-20(21(24)27)19(14-7-9-16(30-2)10-8-14)11-15(25-13)12-26-22(28)17-5-3-4-6-18(17)23(26)29/h3-11H,12H2,1-2H3,(H2,24,27). The Morgan fingerprint density at radius 1 is 1.00 bits per heavy atom. The van der Waals surface area contributed by atoms with Gasteiger partial charge in [-0.25, -0.2) is 0 Å². The Labute approximate surface area is 173 Å². The number of amides is 3. The highest BCUT2D eigenvalue weighted by atomic mass is 16.5. The van der Waals surface area contributed by atoms with E-state index in [1.165, 1.54) is 0 Å². The quantitative estimate of drug-likeness (QED) is 0.662. The van der Waals surface area contributed by atoms with Crippen LogP contribution in [-0.2, 0) is 6.54 Å². The second-order valence-corrected chi connectivity index (χ2v) is 6.96. The number of fused-ring (bicyclic) bond motifs is 1. The number of primary amides is 1. The fourth-order valence-corrected chi connectivity index (χ4v) is 3.67. The topological polar surface area (TPSA) is 103 Å². The summed E-state index contributed by atoms with van der Waals surface area (Å²) in [4.78, 5) is 43.1. The number of carbonyl (C=O) groups is 3. The first-order chi connectivity index (χ1) is 14.4. The fourth-order valence-electron chi connectivity index (χ4n) is 3.67. The van der Waals surface area contributed by atoms with Crippen LogP contribution in [0.3, 0.4) is 0 Å². The first-order valence-electron chi connectivity index (χ1n) is 9.30. The van der Waals surface area contributed by atoms with Crippen LogP contribution in [0, 0.1) is 6.92 Å². The molecule has 150 valence electrons. The van der Waals surface area contributed by atoms with Gasteiger partial charge in [-0.2, -0.15) is 0 Å². The normalized spacial score (nSPS) is 12.8. The van der Waals surface area contributed by atoms with Crippen LogP contribution in [0.25, 0.3) is 11.1 Å². The summed E-state index contributed by atoms with van der Waals surface area (Å²) in [6, 6.07) is 15.6. The van der Waals surface area contributed by atoms with E-state index >= 15 is 0 Å². The minimum Gasteiger partial charge on any atom is -0.497 e. The molecule has 0 saturated carbocycles. The van der Waals surface area contributed by atoms with Gasteiger partial charge in [-0.3, -0.25) is 24.3 Å². The number of hydrogen-bond acceptors (Lipinski definition) is 5. The number of imide groups is 1. The van der Waals surface area contributed by atoms with Gasteiger partial charge in [0.2, 0.25) is 0 Å². The van der Waals surface area contributed by atoms with E-state index in [-0.39, 0.29) is 18.4 Å². The number of aromatic nitrogens is 1. The van der Waals surface area contributed by atoms with Gasteiger partial charge in [0.1, 0.15) is 5.75 Å². The van der Waals surface area contributed by atoms with Crippen molar-refractivity contribution in [3.05, 3.63) is 82.7 Å². The highest BCUT2D eigenvalue weighted by Gasteiger charge is 2.35. The maximum atomic E-state index is 12.7. The number of rotatable bonds is 5. The zero-order chi connectivity index (χ0) is 21.4. The third-order valence-corrected chi connectivity index (χ3v) is 5.10. The van der Waals surface area contributed by atoms with E-state index in [9.17, 15) is 14.4 Å². The molecule has 0 radical (unpaired) electrons. The zero-order valence-corrected chi connectivity index (χ0v) is 16.5. The number of ether oxygens (including phenoxy) is 1. The Balaban J connectivity index is 1.75. The smallest absolute Gasteiger partial charge is 0.261 e. The number of methoxy groups -OCH3 is 1. The van der Waals surface area contributed by atoms with E-state index in [0.717, 1.165) is 10.5 Å². The lowest BCUT2D eigenvalue weighted by molar-refractivity contribution is 0.0639. The van der Waals surface area contributed by atoms with Gasteiger partial charge < -0.3 is 10.5 Å². The summed E-state index contributed by atoms with van der Waals surface area (Å²) in [7, 11) is 1.57. The molecule has 2 heterocycles. The molecule has 0 fully saturated rings. The van der Waals surface area contributed by atoms with Crippen LogP contribution < -0.4 is 10.5 Å². The average Bonchev–Trinajstić information content (AvgIpc) is 2.98. The molecule has 0 saturated heterocycles. The number of nitrogens with two attached hydrogens (primary N) is 1. The predicted octanol–water partition coefficient (Wildman–Crippen LogP) is 2.96. The Morgan fingerprint density at radius 2 is 1.60 bits per heavy atom. The summed E-state index contributed by atoms with van der Waals surface area (Å²) < 4.78 is 5.19. The van der Waals surface area contributed by atoms with E-state index < -0.39 is 5.91 Å². The van der Waals surface area contributed by atoms with Crippen molar-refractivity contribution >= 4 is 17.7 Å². The molecule has 7 heteroatoms. The summed E-state index contributed by atoms with van der Waals surface area (Å²) in [5, 5.41) is 0. The van der Waals surface area contributed by atoms with Crippen LogP contribution in [0.5, 0.6) is 5.75 Å². The molecule has 3 amide bonds. The van der Waals surface area contributed by atoms with Crippen molar-refractivity contribution in [1.29, 1.82) is 0 Å². The van der Waals surface area contributed by atoms with Crippen LogP contribution in [0.1, 0.15) is 42.5 Å². The van der Waals surface area contributed by atoms with Gasteiger partial charge in [0, 0.05) is 0 Å². The highest BCUT2D eigenvalue weighted by Crippen LogP contribution is 2.30. The molecule has 3 aromatic rings. The third-order valence-electron chi connectivity index (χ3n) is 5.10. The predicted molar refractivity (Wildman–Crippen MR) is 110 cm³/mol. The van der Waals surface area contributed by atoms with E-state index in [0.29, 0.717) is 39.4 Å². The zero-order valence-electron chi connectivity index (χ0n) is 16.5. The summed E-state index contributed by atoms with van der Waals surface area (Å²) in [6.07, 6.45) is 0. The Bertz CT molecular complexity index is 1150. The van der Waals surface area contributed by atoms with Crippen LogP contribution in [0.2, 0.25) is 0 Å². The van der Waals surface area contributed by atoms with Crippen molar-refractivity contribution in [3.63, 3.8) is 0 Å². The van der Waals surface area contributed by atoms with E-state index in [2.05, 4.69) is 4.98 Å². The van der Waals surface area contributed by atoms with Gasteiger partial charge in [0.25, 0.3) is 17.7 Å². The maximum Gasteiger partial charge on any atom is 0.261 e. The number of nitrogens with zero attached hydrogens (tertiary/aromatic N) is 2. The molecule has 0 unspecified atom stereocenters. The first kappa shape index (κ1) is 19.3. The van der Waals surface area contributed by atoms with Crippen molar-refractivity contribution in [2.45, 2.75) is 13.5 Å². The summed E-state index contributed by atoms with van der Waals surface area (Å²) in [5.74, 6) is -0.644. The van der Waals surface area contributed by atoms with E-state index in [1.807, 2.05) is 12.1 Å². The van der Waals surface area contributed by atoms with Gasteiger partial charge in [-0.05, 0) is 48.4 Å². The molecule has 1 aliphatic heterocycles. The third kappa shape index (κ3) is 3.20. The van der Waals surface area contributed by atoms with Crippen LogP contribution in [0.4, 0.5) is 0 Å². The lowest BCUT2D eigenvalue weighted by Gasteiger charge is -2.17. The SMILES string of the molecule is COc1ccc(-c2cc(CN3C(=O)c4ccccc4C3=O)nc(C)c2C(N)=O)cc1. The minimum absolute atomic E-state index is 0.00458. The molecule has 0 bridgehead atoms. The molecule has 4 rings (SSSR count). The van der Waals surface area contributed by atoms with Gasteiger partial charge in [0.05, 0.1) is 41.7 Å². The van der Waals surface area contributed by atoms with E-state index in [4.69, 9.17) is 10.5 Å². The number of hydrogen-bond donors (Lipinski definition) is 1. The fraction of sp³-hybridized carbons (Fsp3) is 0.130. The van der Waals surface area contributed by atoms with Gasteiger partial charge in [-0.15, -0.1) is 0 Å². The molecule has 1 aromatic heterocycles. The molecule has 30 heavy (non-hydrogen) atoms. The minimum atomic E-state index is -0.599. The highest BCUT2D eigenvalue weighted by molar-refractivity contribution is 6.21. The first-order valence-corrected chi connectivity index (χ1v) is 9.30. The summed E-state index contributed by atoms with van der Waals surface area (Å²) in [6.45, 7) is 1.67. The largest absolute Gasteiger partial charge is 0.497 e. The number of aryl methyl sites for hydroxylation is 1. The molecule has 0 spiro atoms. The van der Waals surface area contributed by atoms with Crippen LogP contribution in [-0.4, -0.2) is 34.7 Å². The van der Waals surface area contributed by atoms with Gasteiger partial charge >= 0.3 is 0 Å². The molecule has 2 aromatic carbocycles. The molecule has 7 nitrogen and oxygen atoms in total. The van der Waals surface area contributed by atoms with Crippen LogP contribution in [0.15, 0.2) is 54.6 Å². The lowest BCUT2D eigenvalue weighted by Crippen LogP contribution is -2.30. The van der Waals surface area contributed by atoms with Crippen molar-refractivity contribution in [3.8, 4) is 16.9 Å². The van der Waals surface area contributed by atoms with Crippen molar-refractivity contribution in [2.75, 3.05) is 7.11 Å². The van der Waals surface area contributed by atoms with Crippen molar-refractivity contribution < 1.29 is 19.1 Å². The molecule has 1 aliphatic rings. The number of pyridine rings is 1. The molecule has 0 atom stereocenters. The molecular weight excluding hydrogens is 382 g/mol. The molecule has 0 aliphatic carbocycles. The van der Waals surface area contributed by atoms with Crippen LogP contribution >= 0.6 is 0 Å². The second kappa shape index (κ2) is 7.44. The van der Waals surface area contributed by atoms with Crippen molar-refractivity contribution in [2.24, 2.45) is 5.73 Å². The lowest BCUT2D eigenvalue weighted by atomic mass is 9.97. The number of carbonyl (C=O) groups excluding carboxylic acids is 3. The summed E-state index contributed by atoms with van der Waals surface area (Å²) in [5.41, 5.74) is 8.91. The second-order valence-electron chi connectivity index (χ2n) is 6.96. The molecule has 2 N–H and O–H groups in total.